The summed E-state index contributed by atoms with van der Waals surface area (Å²) >= 11 is 0. The topological polar surface area (TPSA) is 123 Å². The molecule has 0 saturated carbocycles. The number of nitrogens with two attached hydrogens (primary N) is 1. The number of likely N-dealkylation sites (N-methyl/N-ethyl adjacent to an activating group) is 2. The first-order chi connectivity index (χ1) is 21.5. The lowest BCUT2D eigenvalue weighted by Crippen LogP contribution is -2.50. The van der Waals surface area contributed by atoms with Crippen LogP contribution < -0.4 is 11.1 Å². The van der Waals surface area contributed by atoms with Crippen LogP contribution in [0.2, 0.25) is 0 Å². The van der Waals surface area contributed by atoms with Gasteiger partial charge in [-0.15, -0.1) is 0 Å². The summed E-state index contributed by atoms with van der Waals surface area (Å²) in [4.78, 5) is 40.2. The summed E-state index contributed by atoms with van der Waals surface area (Å²) in [6, 6.07) is 0.306. The fourth-order valence-corrected chi connectivity index (χ4v) is 4.77. The quantitative estimate of drug-likeness (QED) is 0.102. The number of hydrogen-bond acceptors (Lipinski definition) is 9. The third kappa shape index (κ3) is 20.5. The Morgan fingerprint density at radius 2 is 1.09 bits per heavy atom. The predicted octanol–water partition coefficient (Wildman–Crippen LogP) is 6.44. The number of rotatable bonds is 17. The van der Waals surface area contributed by atoms with E-state index < -0.39 is 11.7 Å². The molecule has 0 aromatic carbocycles. The van der Waals surface area contributed by atoms with Crippen molar-refractivity contribution in [2.45, 2.75) is 134 Å². The summed E-state index contributed by atoms with van der Waals surface area (Å²) in [6.45, 7) is 31.9. The Balaban J connectivity index is 0. The van der Waals surface area contributed by atoms with Gasteiger partial charge in [-0.3, -0.25) is 9.80 Å². The number of carbonyl (C=O) groups excluding carboxylic acids is 3. The molecule has 2 unspecified atom stereocenters. The van der Waals surface area contributed by atoms with Crippen molar-refractivity contribution < 1.29 is 28.6 Å². The van der Waals surface area contributed by atoms with Gasteiger partial charge in [0.25, 0.3) is 0 Å². The minimum atomic E-state index is -0.530. The second kappa shape index (κ2) is 23.0. The van der Waals surface area contributed by atoms with Crippen molar-refractivity contribution in [3.8, 4) is 0 Å². The molecule has 10 nitrogen and oxygen atoms in total. The normalized spacial score (nSPS) is 15.4. The van der Waals surface area contributed by atoms with Gasteiger partial charge >= 0.3 is 18.0 Å². The molecule has 0 aromatic heterocycles. The van der Waals surface area contributed by atoms with Crippen molar-refractivity contribution in [2.24, 2.45) is 29.4 Å². The summed E-state index contributed by atoms with van der Waals surface area (Å²) < 4.78 is 15.5. The van der Waals surface area contributed by atoms with Crippen LogP contribution in [0.25, 0.3) is 0 Å². The Morgan fingerprint density at radius 3 is 1.38 bits per heavy atom. The molecular formula is C37H72N4O6. The van der Waals surface area contributed by atoms with Crippen LogP contribution in [0, 0.1) is 23.7 Å². The van der Waals surface area contributed by atoms with Crippen LogP contribution in [-0.4, -0.2) is 98.0 Å². The van der Waals surface area contributed by atoms with E-state index in [1.54, 1.807) is 13.8 Å². The summed E-state index contributed by atoms with van der Waals surface area (Å²) in [5, 5.41) is 2.98. The number of alkyl carbamates (subject to hydrolysis) is 1. The maximum Gasteiger partial charge on any atom is 0.407 e. The zero-order valence-corrected chi connectivity index (χ0v) is 33.0. The Kier molecular flexibility index (Phi) is 22.9. The standard InChI is InChI=1S/C21H40N2O4.C16H32N2O2/c1-11-26-19(24)16(6)12-18(15(4)5)23(10)13-17(14(2)3)22-20(25)27-21(7,8)9;1-8-20-16(19)13(6)9-15(12(4)5)18(7)10-14(17)11(2)3/h12,14-15,17-18H,11,13H2,1-10H3,(H,22,25);9,11-12,14-15H,8,10,17H2,1-7H3/b16-12+;13-9+/t17?,18-;14?,15-/m11/s1. The highest BCUT2D eigenvalue weighted by Gasteiger charge is 2.26. The van der Waals surface area contributed by atoms with Gasteiger partial charge in [-0.2, -0.15) is 0 Å². The smallest absolute Gasteiger partial charge is 0.407 e. The molecular weight excluding hydrogens is 596 g/mol. The number of hydrogen-bond donors (Lipinski definition) is 2. The van der Waals surface area contributed by atoms with Crippen LogP contribution in [0.4, 0.5) is 4.79 Å². The predicted molar refractivity (Wildman–Crippen MR) is 194 cm³/mol. The van der Waals surface area contributed by atoms with Crippen molar-refractivity contribution >= 4 is 18.0 Å². The fraction of sp³-hybridized carbons (Fsp3) is 0.811. The largest absolute Gasteiger partial charge is 0.463 e. The Hall–Kier alpha value is -2.43. The first-order valence-corrected chi connectivity index (χ1v) is 17.3. The van der Waals surface area contributed by atoms with E-state index >= 15 is 0 Å². The van der Waals surface area contributed by atoms with Crippen molar-refractivity contribution in [1.29, 1.82) is 0 Å². The molecule has 276 valence electrons. The molecule has 4 atom stereocenters. The molecule has 0 aromatic rings. The average Bonchev–Trinajstić information content (AvgIpc) is 2.92. The van der Waals surface area contributed by atoms with Gasteiger partial charge in [-0.05, 0) is 86.2 Å². The monoisotopic (exact) mass is 669 g/mol. The van der Waals surface area contributed by atoms with Crippen LogP contribution in [-0.2, 0) is 23.8 Å². The molecule has 0 radical (unpaired) electrons. The van der Waals surface area contributed by atoms with Crippen molar-refractivity contribution in [3.63, 3.8) is 0 Å². The van der Waals surface area contributed by atoms with Gasteiger partial charge in [0.2, 0.25) is 0 Å². The zero-order valence-electron chi connectivity index (χ0n) is 33.0. The second-order valence-corrected chi connectivity index (χ2v) is 14.9. The summed E-state index contributed by atoms with van der Waals surface area (Å²) in [5.74, 6) is 0.865. The highest BCUT2D eigenvalue weighted by Crippen LogP contribution is 2.17. The van der Waals surface area contributed by atoms with Crippen LogP contribution >= 0.6 is 0 Å². The lowest BCUT2D eigenvalue weighted by Gasteiger charge is -2.34. The van der Waals surface area contributed by atoms with E-state index in [0.717, 1.165) is 6.54 Å². The molecule has 0 bridgehead atoms. The molecule has 0 fully saturated rings. The van der Waals surface area contributed by atoms with E-state index in [1.165, 1.54) is 0 Å². The summed E-state index contributed by atoms with van der Waals surface area (Å²) in [7, 11) is 4.06. The number of ether oxygens (including phenoxy) is 3. The van der Waals surface area contributed by atoms with E-state index in [1.807, 2.05) is 53.8 Å². The highest BCUT2D eigenvalue weighted by molar-refractivity contribution is 5.88. The first-order valence-electron chi connectivity index (χ1n) is 17.3. The van der Waals surface area contributed by atoms with Crippen LogP contribution in [0.15, 0.2) is 23.3 Å². The molecule has 0 spiro atoms. The third-order valence-electron chi connectivity index (χ3n) is 7.77. The third-order valence-corrected chi connectivity index (χ3v) is 7.77. The lowest BCUT2D eigenvalue weighted by molar-refractivity contribution is -0.139. The number of carbonyl (C=O) groups is 3. The van der Waals surface area contributed by atoms with Crippen molar-refractivity contribution in [1.82, 2.24) is 15.1 Å². The van der Waals surface area contributed by atoms with E-state index in [0.29, 0.717) is 48.7 Å². The number of esters is 2. The Bertz CT molecular complexity index is 984. The molecule has 10 heteroatoms. The molecule has 0 aliphatic rings. The lowest BCUT2D eigenvalue weighted by atomic mass is 9.97. The number of nitrogens with zero attached hydrogens (tertiary/aromatic N) is 2. The molecule has 0 saturated heterocycles. The first kappa shape index (κ1) is 46.7. The van der Waals surface area contributed by atoms with E-state index in [4.69, 9.17) is 19.9 Å². The molecule has 0 heterocycles. The maximum atomic E-state index is 12.2. The van der Waals surface area contributed by atoms with Crippen LogP contribution in [0.5, 0.6) is 0 Å². The molecule has 3 N–H and O–H groups in total. The number of nitrogens with one attached hydrogen (secondary N) is 1. The zero-order chi connectivity index (χ0) is 37.2. The van der Waals surface area contributed by atoms with E-state index in [-0.39, 0.29) is 42.0 Å². The Morgan fingerprint density at radius 1 is 0.702 bits per heavy atom. The van der Waals surface area contributed by atoms with Crippen molar-refractivity contribution in [3.05, 3.63) is 23.3 Å². The highest BCUT2D eigenvalue weighted by atomic mass is 16.6. The van der Waals surface area contributed by atoms with Gasteiger partial charge in [0.1, 0.15) is 5.60 Å². The Labute approximate surface area is 288 Å². The molecule has 1 amide bonds. The minimum Gasteiger partial charge on any atom is -0.463 e. The number of amides is 1. The van der Waals surface area contributed by atoms with Gasteiger partial charge < -0.3 is 25.3 Å². The van der Waals surface area contributed by atoms with Crippen LogP contribution in [0.3, 0.4) is 0 Å². The second-order valence-electron chi connectivity index (χ2n) is 14.9. The fourth-order valence-electron chi connectivity index (χ4n) is 4.77. The molecule has 47 heavy (non-hydrogen) atoms. The van der Waals surface area contributed by atoms with Gasteiger partial charge in [0, 0.05) is 48.4 Å². The SMILES string of the molecule is CCOC(=O)/C(C)=C/[C@H](C(C)C)N(C)CC(N)C(C)C.CCOC(=O)/C(C)=C/[C@H](C(C)C)N(C)CC(NC(=O)OC(C)(C)C)C(C)C. The van der Waals surface area contributed by atoms with Gasteiger partial charge in [-0.1, -0.05) is 67.5 Å². The molecule has 0 aliphatic carbocycles. The van der Waals surface area contributed by atoms with Crippen LogP contribution in [0.1, 0.15) is 104 Å². The van der Waals surface area contributed by atoms with Crippen molar-refractivity contribution in [2.75, 3.05) is 40.4 Å². The summed E-state index contributed by atoms with van der Waals surface area (Å²) in [6.07, 6.45) is 3.54. The van der Waals surface area contributed by atoms with Gasteiger partial charge in [-0.25, -0.2) is 14.4 Å². The average molecular weight is 669 g/mol. The minimum absolute atomic E-state index is 0.0519. The van der Waals surface area contributed by atoms with E-state index in [2.05, 4.69) is 77.6 Å². The maximum absolute atomic E-state index is 12.2. The van der Waals surface area contributed by atoms with Gasteiger partial charge in [0.05, 0.1) is 13.2 Å². The molecule has 0 aliphatic heterocycles. The molecule has 0 rings (SSSR count). The van der Waals surface area contributed by atoms with E-state index in [9.17, 15) is 14.4 Å². The van der Waals surface area contributed by atoms with Gasteiger partial charge in [0.15, 0.2) is 0 Å². The summed E-state index contributed by atoms with van der Waals surface area (Å²) in [5.41, 5.74) is 6.87.